The largest absolute Gasteiger partial charge is 0.481 e. The normalized spacial score (nSPS) is 23.9. The van der Waals surface area contributed by atoms with E-state index in [1.54, 1.807) is 0 Å². The molecule has 1 heterocycles. The third kappa shape index (κ3) is 4.58. The van der Waals surface area contributed by atoms with Crippen LogP contribution >= 0.6 is 0 Å². The van der Waals surface area contributed by atoms with Gasteiger partial charge in [-0.2, -0.15) is 0 Å². The Balaban J connectivity index is 2.54. The Bertz CT molecular complexity index is 252. The molecule has 1 aliphatic heterocycles. The van der Waals surface area contributed by atoms with Gasteiger partial charge in [-0.15, -0.1) is 0 Å². The van der Waals surface area contributed by atoms with Crippen LogP contribution in [0.2, 0.25) is 0 Å². The molecule has 1 rings (SSSR count). The van der Waals surface area contributed by atoms with E-state index in [-0.39, 0.29) is 12.0 Å². The van der Waals surface area contributed by atoms with E-state index in [9.17, 15) is 4.79 Å². The maximum Gasteiger partial charge on any atom is 0.307 e. The maximum atomic E-state index is 11.1. The monoisotopic (exact) mass is 256 g/mol. The SMILES string of the molecule is CCCN(CC1CCCCN1)C(C)C(C)C(=O)O. The number of hydrogen-bond donors (Lipinski definition) is 2. The van der Waals surface area contributed by atoms with Crippen LogP contribution in [0, 0.1) is 5.92 Å². The molecule has 2 N–H and O–H groups in total. The second-order valence-corrected chi connectivity index (χ2v) is 5.51. The lowest BCUT2D eigenvalue weighted by Gasteiger charge is -2.35. The number of piperidine rings is 1. The molecule has 3 atom stereocenters. The van der Waals surface area contributed by atoms with Crippen molar-refractivity contribution in [2.75, 3.05) is 19.6 Å². The van der Waals surface area contributed by atoms with Crippen LogP contribution in [0.1, 0.15) is 46.5 Å². The van der Waals surface area contributed by atoms with Crippen molar-refractivity contribution in [3.8, 4) is 0 Å². The van der Waals surface area contributed by atoms with E-state index in [4.69, 9.17) is 5.11 Å². The van der Waals surface area contributed by atoms with Crippen molar-refractivity contribution in [2.45, 2.75) is 58.5 Å². The fraction of sp³-hybridized carbons (Fsp3) is 0.929. The lowest BCUT2D eigenvalue weighted by atomic mass is 9.99. The molecule has 106 valence electrons. The lowest BCUT2D eigenvalue weighted by molar-refractivity contribution is -0.143. The zero-order valence-corrected chi connectivity index (χ0v) is 12.0. The summed E-state index contributed by atoms with van der Waals surface area (Å²) in [6, 6.07) is 0.639. The lowest BCUT2D eigenvalue weighted by Crippen LogP contribution is -2.49. The Morgan fingerprint density at radius 3 is 2.67 bits per heavy atom. The van der Waals surface area contributed by atoms with E-state index in [1.165, 1.54) is 19.3 Å². The van der Waals surface area contributed by atoms with Crippen molar-refractivity contribution >= 4 is 5.97 Å². The van der Waals surface area contributed by atoms with Crippen LogP contribution in [-0.4, -0.2) is 47.7 Å². The predicted octanol–water partition coefficient (Wildman–Crippen LogP) is 1.95. The summed E-state index contributed by atoms with van der Waals surface area (Å²) in [6.45, 7) is 9.07. The summed E-state index contributed by atoms with van der Waals surface area (Å²) in [5, 5.41) is 12.7. The molecule has 18 heavy (non-hydrogen) atoms. The summed E-state index contributed by atoms with van der Waals surface area (Å²) in [7, 11) is 0. The van der Waals surface area contributed by atoms with E-state index in [0.29, 0.717) is 6.04 Å². The topological polar surface area (TPSA) is 52.6 Å². The minimum absolute atomic E-state index is 0.103. The molecule has 1 saturated heterocycles. The molecule has 1 aliphatic rings. The van der Waals surface area contributed by atoms with Crippen molar-refractivity contribution in [1.29, 1.82) is 0 Å². The van der Waals surface area contributed by atoms with Gasteiger partial charge in [0.05, 0.1) is 5.92 Å². The van der Waals surface area contributed by atoms with E-state index >= 15 is 0 Å². The number of carboxylic acid groups (broad SMARTS) is 1. The average molecular weight is 256 g/mol. The van der Waals surface area contributed by atoms with E-state index < -0.39 is 5.97 Å². The van der Waals surface area contributed by atoms with Gasteiger partial charge in [0.2, 0.25) is 0 Å². The molecule has 0 bridgehead atoms. The number of hydrogen-bond acceptors (Lipinski definition) is 3. The maximum absolute atomic E-state index is 11.1. The van der Waals surface area contributed by atoms with Gasteiger partial charge in [0.25, 0.3) is 0 Å². The predicted molar refractivity (Wildman–Crippen MR) is 73.8 cm³/mol. The van der Waals surface area contributed by atoms with E-state index in [0.717, 1.165) is 26.1 Å². The molecule has 3 unspecified atom stereocenters. The number of carboxylic acids is 1. The third-order valence-electron chi connectivity index (χ3n) is 4.07. The fourth-order valence-electron chi connectivity index (χ4n) is 2.63. The van der Waals surface area contributed by atoms with Gasteiger partial charge in [0.15, 0.2) is 0 Å². The molecule has 0 aliphatic carbocycles. The van der Waals surface area contributed by atoms with Crippen LogP contribution < -0.4 is 5.32 Å². The quantitative estimate of drug-likeness (QED) is 0.731. The fourth-order valence-corrected chi connectivity index (χ4v) is 2.63. The molecule has 0 amide bonds. The summed E-state index contributed by atoms with van der Waals surface area (Å²) in [4.78, 5) is 13.4. The van der Waals surface area contributed by atoms with Crippen LogP contribution in [0.15, 0.2) is 0 Å². The Morgan fingerprint density at radius 2 is 2.17 bits per heavy atom. The number of carbonyl (C=O) groups is 1. The zero-order valence-electron chi connectivity index (χ0n) is 12.0. The van der Waals surface area contributed by atoms with Crippen molar-refractivity contribution in [2.24, 2.45) is 5.92 Å². The van der Waals surface area contributed by atoms with Crippen LogP contribution in [0.3, 0.4) is 0 Å². The number of rotatable bonds is 7. The highest BCUT2D eigenvalue weighted by atomic mass is 16.4. The standard InChI is InChI=1S/C14H28N2O2/c1-4-9-16(12(3)11(2)14(17)18)10-13-7-5-6-8-15-13/h11-13,15H,4-10H2,1-3H3,(H,17,18). The van der Waals surface area contributed by atoms with Crippen molar-refractivity contribution in [1.82, 2.24) is 10.2 Å². The average Bonchev–Trinajstić information content (AvgIpc) is 2.37. The Morgan fingerprint density at radius 1 is 1.44 bits per heavy atom. The molecule has 4 nitrogen and oxygen atoms in total. The summed E-state index contributed by atoms with van der Waals surface area (Å²) in [5.74, 6) is -1.000. The highest BCUT2D eigenvalue weighted by Crippen LogP contribution is 2.15. The second kappa shape index (κ2) is 7.74. The number of aliphatic carboxylic acids is 1. The van der Waals surface area contributed by atoms with Gasteiger partial charge in [0.1, 0.15) is 0 Å². The Kier molecular flexibility index (Phi) is 6.65. The van der Waals surface area contributed by atoms with Gasteiger partial charge in [-0.1, -0.05) is 20.3 Å². The van der Waals surface area contributed by atoms with Gasteiger partial charge in [-0.25, -0.2) is 0 Å². The summed E-state index contributed by atoms with van der Waals surface area (Å²) < 4.78 is 0. The van der Waals surface area contributed by atoms with Crippen molar-refractivity contribution in [3.63, 3.8) is 0 Å². The molecule has 4 heteroatoms. The summed E-state index contributed by atoms with van der Waals surface area (Å²) in [5.41, 5.74) is 0. The first-order valence-corrected chi connectivity index (χ1v) is 7.26. The number of nitrogens with one attached hydrogen (secondary N) is 1. The molecule has 0 aromatic rings. The molecule has 0 aromatic carbocycles. The highest BCUT2D eigenvalue weighted by molar-refractivity contribution is 5.70. The summed E-state index contributed by atoms with van der Waals surface area (Å²) >= 11 is 0. The smallest absolute Gasteiger partial charge is 0.307 e. The second-order valence-electron chi connectivity index (χ2n) is 5.51. The van der Waals surface area contributed by atoms with Gasteiger partial charge < -0.3 is 10.4 Å². The third-order valence-corrected chi connectivity index (χ3v) is 4.07. The van der Waals surface area contributed by atoms with Gasteiger partial charge >= 0.3 is 5.97 Å². The minimum atomic E-state index is -0.694. The van der Waals surface area contributed by atoms with Gasteiger partial charge in [-0.05, 0) is 39.3 Å². The van der Waals surface area contributed by atoms with Gasteiger partial charge in [-0.3, -0.25) is 9.69 Å². The highest BCUT2D eigenvalue weighted by Gasteiger charge is 2.27. The summed E-state index contributed by atoms with van der Waals surface area (Å²) in [6.07, 6.45) is 4.85. The molecular weight excluding hydrogens is 228 g/mol. The van der Waals surface area contributed by atoms with Gasteiger partial charge in [0, 0.05) is 18.6 Å². The van der Waals surface area contributed by atoms with Crippen molar-refractivity contribution in [3.05, 3.63) is 0 Å². The first-order valence-electron chi connectivity index (χ1n) is 7.26. The Labute approximate surface area is 111 Å². The Hall–Kier alpha value is -0.610. The van der Waals surface area contributed by atoms with E-state index in [2.05, 4.69) is 17.1 Å². The number of nitrogens with zero attached hydrogens (tertiary/aromatic N) is 1. The minimum Gasteiger partial charge on any atom is -0.481 e. The van der Waals surface area contributed by atoms with Crippen LogP contribution in [-0.2, 0) is 4.79 Å². The zero-order chi connectivity index (χ0) is 13.5. The molecule has 0 saturated carbocycles. The first-order chi connectivity index (χ1) is 8.56. The first kappa shape index (κ1) is 15.4. The van der Waals surface area contributed by atoms with Crippen LogP contribution in [0.5, 0.6) is 0 Å². The molecule has 0 aromatic heterocycles. The molecule has 0 spiro atoms. The van der Waals surface area contributed by atoms with Crippen molar-refractivity contribution < 1.29 is 9.90 Å². The van der Waals surface area contributed by atoms with E-state index in [1.807, 2.05) is 13.8 Å². The molecule has 1 fully saturated rings. The molecule has 0 radical (unpaired) electrons. The van der Waals surface area contributed by atoms with Crippen LogP contribution in [0.4, 0.5) is 0 Å². The molecular formula is C14H28N2O2. The van der Waals surface area contributed by atoms with Crippen LogP contribution in [0.25, 0.3) is 0 Å².